The number of aliphatic hydroxyl groups excluding tert-OH is 1. The number of carbonyl (C=O) groups excluding carboxylic acids is 1. The maximum absolute atomic E-state index is 13.3. The van der Waals surface area contributed by atoms with Crippen LogP contribution < -0.4 is 14.4 Å². The monoisotopic (exact) mass is 437 g/mol. The van der Waals surface area contributed by atoms with Crippen molar-refractivity contribution < 1.29 is 23.9 Å². The molecule has 1 aliphatic rings. The van der Waals surface area contributed by atoms with Gasteiger partial charge in [0.1, 0.15) is 17.2 Å². The second kappa shape index (κ2) is 9.32. The molecule has 2 aromatic carbocycles. The molecule has 0 saturated carbocycles. The zero-order chi connectivity index (χ0) is 22.7. The van der Waals surface area contributed by atoms with Crippen LogP contribution in [-0.2, 0) is 0 Å². The molecule has 1 N–H and O–H groups in total. The van der Waals surface area contributed by atoms with E-state index in [2.05, 4.69) is 10.1 Å². The second-order valence-electron chi connectivity index (χ2n) is 7.63. The maximum atomic E-state index is 13.3. The summed E-state index contributed by atoms with van der Waals surface area (Å²) in [5, 5.41) is 14.5. The van der Waals surface area contributed by atoms with Crippen LogP contribution in [-0.4, -0.2) is 61.5 Å². The van der Waals surface area contributed by atoms with Gasteiger partial charge in [0, 0.05) is 31.7 Å². The van der Waals surface area contributed by atoms with Crippen molar-refractivity contribution in [1.82, 2.24) is 10.1 Å². The lowest BCUT2D eigenvalue weighted by molar-refractivity contribution is 0.0696. The number of para-hydroxylation sites is 2. The third kappa shape index (κ3) is 4.13. The van der Waals surface area contributed by atoms with Crippen LogP contribution in [0.2, 0.25) is 0 Å². The Balaban J connectivity index is 1.53. The van der Waals surface area contributed by atoms with Crippen molar-refractivity contribution >= 4 is 11.6 Å². The van der Waals surface area contributed by atoms with Crippen LogP contribution in [0.5, 0.6) is 11.5 Å². The predicted molar refractivity (Wildman–Crippen MR) is 120 cm³/mol. The van der Waals surface area contributed by atoms with Crippen LogP contribution >= 0.6 is 0 Å². The smallest absolute Gasteiger partial charge is 0.293 e. The van der Waals surface area contributed by atoms with E-state index < -0.39 is 6.10 Å². The van der Waals surface area contributed by atoms with E-state index >= 15 is 0 Å². The topological polar surface area (TPSA) is 88.3 Å². The van der Waals surface area contributed by atoms with Gasteiger partial charge in [-0.25, -0.2) is 0 Å². The number of benzene rings is 2. The van der Waals surface area contributed by atoms with Crippen molar-refractivity contribution in [3.8, 4) is 22.8 Å². The van der Waals surface area contributed by atoms with Crippen LogP contribution in [0.1, 0.15) is 29.1 Å². The molecule has 168 valence electrons. The highest BCUT2D eigenvalue weighted by Gasteiger charge is 2.31. The van der Waals surface area contributed by atoms with E-state index in [9.17, 15) is 9.90 Å². The lowest BCUT2D eigenvalue weighted by Gasteiger charge is -2.36. The third-order valence-corrected chi connectivity index (χ3v) is 5.70. The molecule has 8 heteroatoms. The van der Waals surface area contributed by atoms with E-state index in [1.54, 1.807) is 38.2 Å². The molecule has 0 aliphatic carbocycles. The number of aliphatic hydroxyl groups is 1. The van der Waals surface area contributed by atoms with Gasteiger partial charge in [-0.05, 0) is 43.3 Å². The molecule has 8 nitrogen and oxygen atoms in total. The molecule has 2 heterocycles. The number of aromatic nitrogens is 1. The van der Waals surface area contributed by atoms with Gasteiger partial charge in [-0.2, -0.15) is 0 Å². The molecule has 0 spiro atoms. The van der Waals surface area contributed by atoms with E-state index in [1.165, 1.54) is 0 Å². The fourth-order valence-corrected chi connectivity index (χ4v) is 3.98. The van der Waals surface area contributed by atoms with Crippen LogP contribution in [0.15, 0.2) is 53.1 Å². The molecule has 1 amide bonds. The Kier molecular flexibility index (Phi) is 6.32. The molecule has 1 atom stereocenters. The molecular formula is C24H27N3O5. The van der Waals surface area contributed by atoms with Gasteiger partial charge in [-0.3, -0.25) is 4.79 Å². The number of anilines is 1. The first-order valence-corrected chi connectivity index (χ1v) is 10.5. The highest BCUT2D eigenvalue weighted by atomic mass is 16.5. The Hall–Kier alpha value is -3.52. The summed E-state index contributed by atoms with van der Waals surface area (Å²) in [6.45, 7) is 3.98. The summed E-state index contributed by atoms with van der Waals surface area (Å²) in [5.74, 6) is 1.33. The molecular weight excluding hydrogens is 410 g/mol. The van der Waals surface area contributed by atoms with Gasteiger partial charge < -0.3 is 28.9 Å². The molecule has 1 aliphatic heterocycles. The molecule has 0 bridgehead atoms. The predicted octanol–water partition coefficient (Wildman–Crippen LogP) is 3.37. The van der Waals surface area contributed by atoms with Gasteiger partial charge in [0.2, 0.25) is 5.76 Å². The number of hydrogen-bond acceptors (Lipinski definition) is 7. The Morgan fingerprint density at radius 1 is 1.03 bits per heavy atom. The van der Waals surface area contributed by atoms with Gasteiger partial charge in [0.25, 0.3) is 5.91 Å². The lowest BCUT2D eigenvalue weighted by Crippen LogP contribution is -2.49. The number of nitrogens with zero attached hydrogens (tertiary/aromatic N) is 3. The van der Waals surface area contributed by atoms with E-state index in [-0.39, 0.29) is 11.7 Å². The Bertz CT molecular complexity index is 1070. The second-order valence-corrected chi connectivity index (χ2v) is 7.63. The summed E-state index contributed by atoms with van der Waals surface area (Å²) in [6.07, 6.45) is -0.910. The number of rotatable bonds is 6. The molecule has 0 unspecified atom stereocenters. The molecule has 1 saturated heterocycles. The van der Waals surface area contributed by atoms with E-state index in [4.69, 9.17) is 14.0 Å². The van der Waals surface area contributed by atoms with Crippen molar-refractivity contribution in [3.05, 3.63) is 59.9 Å². The molecule has 1 fully saturated rings. The number of piperazine rings is 1. The van der Waals surface area contributed by atoms with Crippen molar-refractivity contribution in [3.63, 3.8) is 0 Å². The minimum absolute atomic E-state index is 0.0801. The number of carbonyl (C=O) groups is 1. The first kappa shape index (κ1) is 21.7. The maximum Gasteiger partial charge on any atom is 0.293 e. The summed E-state index contributed by atoms with van der Waals surface area (Å²) >= 11 is 0. The summed E-state index contributed by atoms with van der Waals surface area (Å²) in [4.78, 5) is 17.2. The number of ether oxygens (including phenoxy) is 2. The van der Waals surface area contributed by atoms with Gasteiger partial charge in [-0.15, -0.1) is 0 Å². The number of hydrogen-bond donors (Lipinski definition) is 1. The largest absolute Gasteiger partial charge is 0.497 e. The van der Waals surface area contributed by atoms with Crippen molar-refractivity contribution in [2.75, 3.05) is 45.3 Å². The molecule has 1 aromatic heterocycles. The van der Waals surface area contributed by atoms with Gasteiger partial charge in [0.15, 0.2) is 0 Å². The first-order chi connectivity index (χ1) is 15.5. The number of amides is 1. The summed E-state index contributed by atoms with van der Waals surface area (Å²) in [5.41, 5.74) is 2.60. The van der Waals surface area contributed by atoms with Gasteiger partial charge in [-0.1, -0.05) is 17.3 Å². The van der Waals surface area contributed by atoms with E-state index in [0.717, 1.165) is 17.0 Å². The standard InChI is InChI=1S/C24H27N3O5/c1-16(28)21-22(17-8-10-18(30-2)11-9-17)25-32-23(21)24(29)27-14-12-26(13-15-27)19-6-4-5-7-20(19)31-3/h4-11,16,28H,12-15H2,1-3H3/t16-/m0/s1. The zero-order valence-corrected chi connectivity index (χ0v) is 18.4. The zero-order valence-electron chi connectivity index (χ0n) is 18.4. The van der Waals surface area contributed by atoms with Gasteiger partial charge >= 0.3 is 0 Å². The van der Waals surface area contributed by atoms with Crippen molar-refractivity contribution in [2.24, 2.45) is 0 Å². The average Bonchev–Trinajstić information content (AvgIpc) is 3.29. The van der Waals surface area contributed by atoms with Crippen molar-refractivity contribution in [1.29, 1.82) is 0 Å². The summed E-state index contributed by atoms with van der Waals surface area (Å²) < 4.78 is 16.1. The minimum Gasteiger partial charge on any atom is -0.497 e. The van der Waals surface area contributed by atoms with Crippen molar-refractivity contribution in [2.45, 2.75) is 13.0 Å². The Morgan fingerprint density at radius 3 is 2.34 bits per heavy atom. The average molecular weight is 437 g/mol. The van der Waals surface area contributed by atoms with Crippen LogP contribution in [0, 0.1) is 0 Å². The first-order valence-electron chi connectivity index (χ1n) is 10.5. The molecule has 4 rings (SSSR count). The fraction of sp³-hybridized carbons (Fsp3) is 0.333. The Labute approximate surface area is 186 Å². The molecule has 0 radical (unpaired) electrons. The van der Waals surface area contributed by atoms with E-state index in [1.807, 2.05) is 36.4 Å². The quantitative estimate of drug-likeness (QED) is 0.632. The molecule has 32 heavy (non-hydrogen) atoms. The van der Waals surface area contributed by atoms with Crippen LogP contribution in [0.4, 0.5) is 5.69 Å². The van der Waals surface area contributed by atoms with Crippen LogP contribution in [0.25, 0.3) is 11.3 Å². The normalized spacial score (nSPS) is 14.9. The van der Waals surface area contributed by atoms with E-state index in [0.29, 0.717) is 43.2 Å². The highest BCUT2D eigenvalue weighted by Crippen LogP contribution is 2.33. The lowest BCUT2D eigenvalue weighted by atomic mass is 10.0. The Morgan fingerprint density at radius 2 is 1.72 bits per heavy atom. The third-order valence-electron chi connectivity index (χ3n) is 5.70. The van der Waals surface area contributed by atoms with Crippen LogP contribution in [0.3, 0.4) is 0 Å². The summed E-state index contributed by atoms with van der Waals surface area (Å²) in [6, 6.07) is 15.1. The molecule has 3 aromatic rings. The number of methoxy groups -OCH3 is 2. The summed E-state index contributed by atoms with van der Waals surface area (Å²) in [7, 11) is 3.25. The highest BCUT2D eigenvalue weighted by molar-refractivity contribution is 5.95. The SMILES string of the molecule is COc1ccc(-c2noc(C(=O)N3CCN(c4ccccc4OC)CC3)c2[C@H](C)O)cc1. The van der Waals surface area contributed by atoms with Gasteiger partial charge in [0.05, 0.1) is 31.6 Å². The minimum atomic E-state index is -0.910. The fourth-order valence-electron chi connectivity index (χ4n) is 3.98.